The van der Waals surface area contributed by atoms with Crippen molar-refractivity contribution in [1.82, 2.24) is 14.9 Å². The molecule has 2 aliphatic rings. The zero-order chi connectivity index (χ0) is 17.9. The Balaban J connectivity index is 1.50. The Morgan fingerprint density at radius 1 is 1.19 bits per heavy atom. The van der Waals surface area contributed by atoms with Crippen molar-refractivity contribution in [3.63, 3.8) is 0 Å². The first-order valence-electron chi connectivity index (χ1n) is 9.05. The van der Waals surface area contributed by atoms with Crippen LogP contribution in [0.3, 0.4) is 0 Å². The molecule has 2 fully saturated rings. The van der Waals surface area contributed by atoms with Crippen molar-refractivity contribution < 1.29 is 9.53 Å². The maximum Gasteiger partial charge on any atom is 0.254 e. The molecule has 7 nitrogen and oxygen atoms in total. The van der Waals surface area contributed by atoms with Crippen LogP contribution in [0.1, 0.15) is 35.0 Å². The van der Waals surface area contributed by atoms with Gasteiger partial charge in [0.2, 0.25) is 0 Å². The lowest BCUT2D eigenvalue weighted by molar-refractivity contribution is -0.0246. The predicted octanol–water partition coefficient (Wildman–Crippen LogP) is 1.87. The molecule has 1 unspecified atom stereocenters. The highest BCUT2D eigenvalue weighted by Gasteiger charge is 2.27. The Bertz CT molecular complexity index is 791. The van der Waals surface area contributed by atoms with Crippen LogP contribution in [0.4, 0.5) is 11.6 Å². The second-order valence-electron chi connectivity index (χ2n) is 6.69. The molecule has 2 N–H and O–H groups in total. The molecule has 1 amide bonds. The third kappa shape index (κ3) is 3.48. The smallest absolute Gasteiger partial charge is 0.254 e. The monoisotopic (exact) mass is 353 g/mol. The fourth-order valence-electron chi connectivity index (χ4n) is 3.51. The van der Waals surface area contributed by atoms with Crippen LogP contribution in [0, 0.1) is 0 Å². The molecule has 4 rings (SSSR count). The van der Waals surface area contributed by atoms with E-state index in [0.29, 0.717) is 31.1 Å². The molecular weight excluding hydrogens is 330 g/mol. The number of pyridine rings is 2. The van der Waals surface area contributed by atoms with Crippen molar-refractivity contribution in [3.8, 4) is 0 Å². The van der Waals surface area contributed by atoms with E-state index in [1.165, 1.54) is 12.8 Å². The Morgan fingerprint density at radius 3 is 2.85 bits per heavy atom. The number of carbonyl (C=O) groups is 1. The van der Waals surface area contributed by atoms with E-state index in [1.54, 1.807) is 18.3 Å². The highest BCUT2D eigenvalue weighted by Crippen LogP contribution is 2.24. The molecule has 136 valence electrons. The summed E-state index contributed by atoms with van der Waals surface area (Å²) in [6, 6.07) is 9.16. The van der Waals surface area contributed by atoms with E-state index in [9.17, 15) is 4.79 Å². The van der Waals surface area contributed by atoms with E-state index >= 15 is 0 Å². The number of ether oxygens (including phenoxy) is 1. The molecule has 7 heteroatoms. The molecule has 2 aromatic heterocycles. The topological polar surface area (TPSA) is 84.6 Å². The number of hydrogen-bond acceptors (Lipinski definition) is 6. The summed E-state index contributed by atoms with van der Waals surface area (Å²) in [6.07, 6.45) is 3.82. The number of aromatic nitrogens is 2. The van der Waals surface area contributed by atoms with Gasteiger partial charge in [-0.2, -0.15) is 0 Å². The minimum Gasteiger partial charge on any atom is -0.384 e. The normalized spacial score (nSPS) is 20.4. The van der Waals surface area contributed by atoms with Gasteiger partial charge in [0.25, 0.3) is 5.91 Å². The number of morpholine rings is 1. The summed E-state index contributed by atoms with van der Waals surface area (Å²) in [5.74, 6) is 1.35. The van der Waals surface area contributed by atoms with Crippen LogP contribution < -0.4 is 10.6 Å². The highest BCUT2D eigenvalue weighted by molar-refractivity contribution is 5.95. The van der Waals surface area contributed by atoms with Gasteiger partial charge in [0.05, 0.1) is 18.8 Å². The molecule has 2 aliphatic heterocycles. The van der Waals surface area contributed by atoms with Crippen molar-refractivity contribution in [1.29, 1.82) is 0 Å². The molecule has 2 saturated heterocycles. The highest BCUT2D eigenvalue weighted by atomic mass is 16.5. The van der Waals surface area contributed by atoms with Gasteiger partial charge in [-0.3, -0.25) is 4.79 Å². The molecule has 0 aliphatic carbocycles. The van der Waals surface area contributed by atoms with E-state index in [-0.39, 0.29) is 12.0 Å². The third-order valence-corrected chi connectivity index (χ3v) is 4.90. The lowest BCUT2D eigenvalue weighted by Crippen LogP contribution is -2.42. The van der Waals surface area contributed by atoms with Crippen molar-refractivity contribution in [2.24, 2.45) is 0 Å². The molecule has 1 atom stereocenters. The first-order valence-corrected chi connectivity index (χ1v) is 9.05. The lowest BCUT2D eigenvalue weighted by Gasteiger charge is -2.33. The van der Waals surface area contributed by atoms with Gasteiger partial charge >= 0.3 is 0 Å². The number of nitrogen functional groups attached to an aromatic ring is 1. The molecule has 0 bridgehead atoms. The summed E-state index contributed by atoms with van der Waals surface area (Å²) in [5.41, 5.74) is 7.20. The van der Waals surface area contributed by atoms with Gasteiger partial charge in [0.1, 0.15) is 17.7 Å². The SMILES string of the molecule is Nc1cccc(C2CN(C(=O)c3ccnc(N4CCCC4)c3)CCO2)n1. The van der Waals surface area contributed by atoms with Crippen LogP contribution in [0.2, 0.25) is 0 Å². The molecule has 26 heavy (non-hydrogen) atoms. The standard InChI is InChI=1S/C19H23N5O2/c20-17-5-3-4-15(22-17)16-13-24(10-11-26-16)19(25)14-6-7-21-18(12-14)23-8-1-2-9-23/h3-7,12,16H,1-2,8-11,13H2,(H2,20,22). The molecule has 0 saturated carbocycles. The van der Waals surface area contributed by atoms with Crippen molar-refractivity contribution >= 4 is 17.5 Å². The lowest BCUT2D eigenvalue weighted by atomic mass is 10.1. The molecular formula is C19H23N5O2. The third-order valence-electron chi connectivity index (χ3n) is 4.90. The molecule has 0 aromatic carbocycles. The number of nitrogens with zero attached hydrogens (tertiary/aromatic N) is 4. The Kier molecular flexibility index (Phi) is 4.71. The number of rotatable bonds is 3. The van der Waals surface area contributed by atoms with Crippen LogP contribution in [0.25, 0.3) is 0 Å². The van der Waals surface area contributed by atoms with Crippen LogP contribution in [0.15, 0.2) is 36.5 Å². The summed E-state index contributed by atoms with van der Waals surface area (Å²) < 4.78 is 5.81. The van der Waals surface area contributed by atoms with Gasteiger partial charge in [-0.25, -0.2) is 9.97 Å². The van der Waals surface area contributed by atoms with E-state index in [2.05, 4.69) is 14.9 Å². The van der Waals surface area contributed by atoms with Crippen LogP contribution in [-0.2, 0) is 4.74 Å². The molecule has 2 aromatic rings. The quantitative estimate of drug-likeness (QED) is 0.907. The van der Waals surface area contributed by atoms with E-state index in [0.717, 1.165) is 24.6 Å². The van der Waals surface area contributed by atoms with E-state index in [1.807, 2.05) is 23.1 Å². The van der Waals surface area contributed by atoms with Crippen LogP contribution in [0.5, 0.6) is 0 Å². The summed E-state index contributed by atoms with van der Waals surface area (Å²) in [5, 5.41) is 0. The van der Waals surface area contributed by atoms with Gasteiger partial charge in [0.15, 0.2) is 0 Å². The number of carbonyl (C=O) groups excluding carboxylic acids is 1. The maximum absolute atomic E-state index is 13.0. The first-order chi connectivity index (χ1) is 12.7. The fourth-order valence-corrected chi connectivity index (χ4v) is 3.51. The van der Waals surface area contributed by atoms with E-state index < -0.39 is 0 Å². The van der Waals surface area contributed by atoms with Gasteiger partial charge in [-0.15, -0.1) is 0 Å². The largest absolute Gasteiger partial charge is 0.384 e. The number of hydrogen-bond donors (Lipinski definition) is 1. The summed E-state index contributed by atoms with van der Waals surface area (Å²) >= 11 is 0. The van der Waals surface area contributed by atoms with Gasteiger partial charge < -0.3 is 20.3 Å². The van der Waals surface area contributed by atoms with Crippen molar-refractivity contribution in [3.05, 3.63) is 47.8 Å². The zero-order valence-electron chi connectivity index (χ0n) is 14.7. The Morgan fingerprint density at radius 2 is 2.04 bits per heavy atom. The van der Waals surface area contributed by atoms with Crippen molar-refractivity contribution in [2.45, 2.75) is 18.9 Å². The van der Waals surface area contributed by atoms with Crippen molar-refractivity contribution in [2.75, 3.05) is 43.4 Å². The summed E-state index contributed by atoms with van der Waals surface area (Å²) in [6.45, 7) is 3.53. The minimum atomic E-state index is -0.254. The van der Waals surface area contributed by atoms with Gasteiger partial charge in [0, 0.05) is 31.4 Å². The average Bonchev–Trinajstić information content (AvgIpc) is 3.22. The van der Waals surface area contributed by atoms with E-state index in [4.69, 9.17) is 10.5 Å². The molecule has 0 spiro atoms. The zero-order valence-corrected chi connectivity index (χ0v) is 14.7. The summed E-state index contributed by atoms with van der Waals surface area (Å²) in [4.78, 5) is 25.8. The number of anilines is 2. The minimum absolute atomic E-state index is 0.00468. The summed E-state index contributed by atoms with van der Waals surface area (Å²) in [7, 11) is 0. The maximum atomic E-state index is 13.0. The fraction of sp³-hybridized carbons (Fsp3) is 0.421. The second kappa shape index (κ2) is 7.29. The second-order valence-corrected chi connectivity index (χ2v) is 6.69. The molecule has 4 heterocycles. The number of amides is 1. The van der Waals surface area contributed by atoms with Crippen LogP contribution >= 0.6 is 0 Å². The van der Waals surface area contributed by atoms with Gasteiger partial charge in [-0.05, 0) is 37.1 Å². The molecule has 0 radical (unpaired) electrons. The first kappa shape index (κ1) is 16.8. The Hall–Kier alpha value is -2.67. The Labute approximate surface area is 152 Å². The average molecular weight is 353 g/mol. The number of nitrogens with two attached hydrogens (primary N) is 1. The van der Waals surface area contributed by atoms with Gasteiger partial charge in [-0.1, -0.05) is 6.07 Å². The predicted molar refractivity (Wildman–Crippen MR) is 98.9 cm³/mol. The van der Waals surface area contributed by atoms with Crippen LogP contribution in [-0.4, -0.2) is 53.6 Å².